The summed E-state index contributed by atoms with van der Waals surface area (Å²) in [5.41, 5.74) is 10.9. The number of carbonyl (C=O) groups excluding carboxylic acids is 1. The van der Waals surface area contributed by atoms with Crippen LogP contribution in [0, 0.1) is 0 Å². The summed E-state index contributed by atoms with van der Waals surface area (Å²) in [5.74, 6) is 0.718. The average Bonchev–Trinajstić information content (AvgIpc) is 3.59. The highest BCUT2D eigenvalue weighted by molar-refractivity contribution is 5.68. The molecule has 2 aromatic carbocycles. The zero-order chi connectivity index (χ0) is 19.3. The Morgan fingerprint density at radius 1 is 1.04 bits per heavy atom. The molecule has 1 heterocycles. The van der Waals surface area contributed by atoms with E-state index >= 15 is 0 Å². The fourth-order valence-electron chi connectivity index (χ4n) is 3.89. The molecule has 0 atom stereocenters. The lowest BCUT2D eigenvalue weighted by Crippen LogP contribution is -2.49. The molecule has 2 N–H and O–H groups in total. The molecule has 1 saturated heterocycles. The molecule has 2 aliphatic rings. The summed E-state index contributed by atoms with van der Waals surface area (Å²) in [4.78, 5) is 16.5. The average molecular weight is 380 g/mol. The number of nitrogens with zero attached hydrogens (tertiary/aromatic N) is 2. The number of rotatable bonds is 6. The van der Waals surface area contributed by atoms with Crippen molar-refractivity contribution < 1.29 is 9.53 Å². The first-order valence-corrected chi connectivity index (χ1v) is 10.3. The Kier molecular flexibility index (Phi) is 5.81. The van der Waals surface area contributed by atoms with Crippen LogP contribution in [0.2, 0.25) is 0 Å². The van der Waals surface area contributed by atoms with Crippen LogP contribution in [0.15, 0.2) is 48.5 Å². The fourth-order valence-corrected chi connectivity index (χ4v) is 3.89. The van der Waals surface area contributed by atoms with Crippen LogP contribution in [0.25, 0.3) is 0 Å². The summed E-state index contributed by atoms with van der Waals surface area (Å²) >= 11 is 0. The van der Waals surface area contributed by atoms with E-state index in [1.807, 2.05) is 35.2 Å². The van der Waals surface area contributed by atoms with Gasteiger partial charge in [-0.05, 0) is 60.5 Å². The van der Waals surface area contributed by atoms with E-state index in [0.29, 0.717) is 26.2 Å². The zero-order valence-electron chi connectivity index (χ0n) is 16.3. The number of nitrogens with two attached hydrogens (primary N) is 1. The molecule has 5 heteroatoms. The normalized spacial score (nSPS) is 16.9. The molecule has 2 aromatic rings. The Labute approximate surface area is 167 Å². The SMILES string of the molecule is NCCc1ccc(N2CCN(C(=O)OCc3ccccc3)CC2)cc1C1CC1. The number of benzene rings is 2. The maximum atomic E-state index is 12.4. The highest BCUT2D eigenvalue weighted by atomic mass is 16.6. The lowest BCUT2D eigenvalue weighted by Gasteiger charge is -2.35. The predicted octanol–water partition coefficient (Wildman–Crippen LogP) is 3.52. The summed E-state index contributed by atoms with van der Waals surface area (Å²) < 4.78 is 5.47. The van der Waals surface area contributed by atoms with Gasteiger partial charge in [-0.15, -0.1) is 0 Å². The number of amides is 1. The van der Waals surface area contributed by atoms with Crippen molar-refractivity contribution in [2.45, 2.75) is 31.8 Å². The highest BCUT2D eigenvalue weighted by Crippen LogP contribution is 2.43. The van der Waals surface area contributed by atoms with Crippen molar-refractivity contribution in [1.29, 1.82) is 0 Å². The van der Waals surface area contributed by atoms with E-state index in [1.54, 1.807) is 0 Å². The van der Waals surface area contributed by atoms with Crippen molar-refractivity contribution in [2.24, 2.45) is 5.73 Å². The molecule has 5 nitrogen and oxygen atoms in total. The molecule has 0 unspecified atom stereocenters. The van der Waals surface area contributed by atoms with Crippen molar-refractivity contribution in [3.63, 3.8) is 0 Å². The molecule has 4 rings (SSSR count). The van der Waals surface area contributed by atoms with E-state index in [0.717, 1.165) is 31.0 Å². The number of anilines is 1. The van der Waals surface area contributed by atoms with Gasteiger partial charge in [0.05, 0.1) is 0 Å². The molecule has 1 amide bonds. The third-order valence-corrected chi connectivity index (χ3v) is 5.67. The number of hydrogen-bond donors (Lipinski definition) is 1. The molecule has 2 fully saturated rings. The molecule has 1 saturated carbocycles. The van der Waals surface area contributed by atoms with Crippen molar-refractivity contribution in [1.82, 2.24) is 4.90 Å². The Hall–Kier alpha value is -2.53. The molecule has 1 aliphatic heterocycles. The standard InChI is InChI=1S/C23H29N3O2/c24-11-10-20-8-9-21(16-22(20)19-6-7-19)25-12-14-26(15-13-25)23(27)28-17-18-4-2-1-3-5-18/h1-5,8-9,16,19H,6-7,10-15,17,24H2. The lowest BCUT2D eigenvalue weighted by atomic mass is 9.99. The van der Waals surface area contributed by atoms with Crippen LogP contribution in [0.3, 0.4) is 0 Å². The van der Waals surface area contributed by atoms with Crippen LogP contribution in [-0.2, 0) is 17.8 Å². The van der Waals surface area contributed by atoms with Gasteiger partial charge in [0.2, 0.25) is 0 Å². The fraction of sp³-hybridized carbons (Fsp3) is 0.435. The van der Waals surface area contributed by atoms with Gasteiger partial charge in [0.15, 0.2) is 0 Å². The molecule has 0 spiro atoms. The van der Waals surface area contributed by atoms with Crippen molar-refractivity contribution >= 4 is 11.8 Å². The molecule has 148 valence electrons. The van der Waals surface area contributed by atoms with Crippen LogP contribution in [0.5, 0.6) is 0 Å². The highest BCUT2D eigenvalue weighted by Gasteiger charge is 2.28. The third kappa shape index (κ3) is 4.47. The van der Waals surface area contributed by atoms with E-state index in [9.17, 15) is 4.79 Å². The van der Waals surface area contributed by atoms with Gasteiger partial charge in [0.25, 0.3) is 0 Å². The van der Waals surface area contributed by atoms with Crippen LogP contribution in [-0.4, -0.2) is 43.7 Å². The van der Waals surface area contributed by atoms with Gasteiger partial charge >= 0.3 is 6.09 Å². The van der Waals surface area contributed by atoms with Gasteiger partial charge in [-0.2, -0.15) is 0 Å². The summed E-state index contributed by atoms with van der Waals surface area (Å²) in [7, 11) is 0. The quantitative estimate of drug-likeness (QED) is 0.834. The van der Waals surface area contributed by atoms with Crippen LogP contribution < -0.4 is 10.6 Å². The summed E-state index contributed by atoms with van der Waals surface area (Å²) in [5, 5.41) is 0. The minimum absolute atomic E-state index is 0.222. The summed E-state index contributed by atoms with van der Waals surface area (Å²) in [6, 6.07) is 16.6. The second-order valence-electron chi connectivity index (χ2n) is 7.71. The number of carbonyl (C=O) groups is 1. The minimum atomic E-state index is -0.222. The predicted molar refractivity (Wildman–Crippen MR) is 112 cm³/mol. The Morgan fingerprint density at radius 2 is 1.79 bits per heavy atom. The molecule has 0 bridgehead atoms. The third-order valence-electron chi connectivity index (χ3n) is 5.67. The van der Waals surface area contributed by atoms with E-state index < -0.39 is 0 Å². The van der Waals surface area contributed by atoms with Crippen LogP contribution >= 0.6 is 0 Å². The van der Waals surface area contributed by atoms with Crippen LogP contribution in [0.1, 0.15) is 35.4 Å². The molecule has 0 radical (unpaired) electrons. The molecule has 28 heavy (non-hydrogen) atoms. The second kappa shape index (κ2) is 8.65. The Balaban J connectivity index is 1.32. The summed E-state index contributed by atoms with van der Waals surface area (Å²) in [6.07, 6.45) is 3.32. The van der Waals surface area contributed by atoms with Gasteiger partial charge in [-0.3, -0.25) is 0 Å². The first-order chi connectivity index (χ1) is 13.7. The maximum absolute atomic E-state index is 12.4. The molecular weight excluding hydrogens is 350 g/mol. The smallest absolute Gasteiger partial charge is 0.410 e. The second-order valence-corrected chi connectivity index (χ2v) is 7.71. The maximum Gasteiger partial charge on any atom is 0.410 e. The van der Waals surface area contributed by atoms with Gasteiger partial charge in [0, 0.05) is 31.9 Å². The number of piperazine rings is 1. The Bertz CT molecular complexity index is 797. The molecule has 0 aromatic heterocycles. The van der Waals surface area contributed by atoms with E-state index in [1.165, 1.54) is 29.7 Å². The van der Waals surface area contributed by atoms with E-state index in [-0.39, 0.29) is 6.09 Å². The lowest BCUT2D eigenvalue weighted by molar-refractivity contribution is 0.0942. The molecular formula is C23H29N3O2. The summed E-state index contributed by atoms with van der Waals surface area (Å²) in [6.45, 7) is 4.07. The van der Waals surface area contributed by atoms with Gasteiger partial charge in [-0.1, -0.05) is 36.4 Å². The first kappa shape index (κ1) is 18.8. The monoisotopic (exact) mass is 379 g/mol. The van der Waals surface area contributed by atoms with Gasteiger partial charge in [-0.25, -0.2) is 4.79 Å². The van der Waals surface area contributed by atoms with Gasteiger partial charge < -0.3 is 20.3 Å². The van der Waals surface area contributed by atoms with Gasteiger partial charge in [0.1, 0.15) is 6.61 Å². The number of hydrogen-bond acceptors (Lipinski definition) is 4. The Morgan fingerprint density at radius 3 is 2.46 bits per heavy atom. The van der Waals surface area contributed by atoms with Crippen LogP contribution in [0.4, 0.5) is 10.5 Å². The molecule has 1 aliphatic carbocycles. The van der Waals surface area contributed by atoms with Crippen molar-refractivity contribution in [2.75, 3.05) is 37.6 Å². The first-order valence-electron chi connectivity index (χ1n) is 10.3. The largest absolute Gasteiger partial charge is 0.445 e. The number of ether oxygens (including phenoxy) is 1. The zero-order valence-corrected chi connectivity index (χ0v) is 16.3. The minimum Gasteiger partial charge on any atom is -0.445 e. The van der Waals surface area contributed by atoms with Crippen molar-refractivity contribution in [3.05, 3.63) is 65.2 Å². The van der Waals surface area contributed by atoms with Crippen molar-refractivity contribution in [3.8, 4) is 0 Å². The topological polar surface area (TPSA) is 58.8 Å². The van der Waals surface area contributed by atoms with E-state index in [2.05, 4.69) is 23.1 Å². The van der Waals surface area contributed by atoms with E-state index in [4.69, 9.17) is 10.5 Å².